The molecule has 0 aliphatic carbocycles. The van der Waals surface area contributed by atoms with Gasteiger partial charge in [0.2, 0.25) is 0 Å². The van der Waals surface area contributed by atoms with E-state index in [1.54, 1.807) is 6.33 Å². The summed E-state index contributed by atoms with van der Waals surface area (Å²) in [6, 6.07) is 0.609. The van der Waals surface area contributed by atoms with Gasteiger partial charge in [-0.25, -0.2) is 4.98 Å². The Balaban J connectivity index is 1.53. The van der Waals surface area contributed by atoms with Crippen LogP contribution in [0.15, 0.2) is 12.7 Å². The molecule has 5 heteroatoms. The molecule has 100 valence electrons. The Morgan fingerprint density at radius 2 is 2.17 bits per heavy atom. The first-order valence-electron chi connectivity index (χ1n) is 7.10. The Bertz CT molecular complexity index is 348. The molecule has 2 atom stereocenters. The second-order valence-corrected chi connectivity index (χ2v) is 5.40. The molecule has 0 aromatic carbocycles. The van der Waals surface area contributed by atoms with Gasteiger partial charge in [0.05, 0.1) is 12.6 Å². The Morgan fingerprint density at radius 3 is 2.94 bits per heavy atom. The maximum Gasteiger partial charge on any atom is 0.137 e. The Labute approximate surface area is 108 Å². The molecule has 0 saturated carbocycles. The highest BCUT2D eigenvalue weighted by atomic mass is 16.5. The topological polar surface area (TPSA) is 43.2 Å². The molecule has 2 aliphatic rings. The molecule has 2 aliphatic heterocycles. The van der Waals surface area contributed by atoms with Gasteiger partial charge in [0, 0.05) is 19.2 Å². The first-order chi connectivity index (χ1) is 8.92. The van der Waals surface area contributed by atoms with Gasteiger partial charge in [-0.1, -0.05) is 0 Å². The minimum absolute atomic E-state index is 0.454. The first kappa shape index (κ1) is 12.1. The Morgan fingerprint density at radius 1 is 1.17 bits per heavy atom. The quantitative estimate of drug-likeness (QED) is 0.808. The normalized spacial score (nSPS) is 29.8. The minimum Gasteiger partial charge on any atom is -0.377 e. The van der Waals surface area contributed by atoms with Gasteiger partial charge in [-0.3, -0.25) is 9.58 Å². The van der Waals surface area contributed by atoms with Crippen molar-refractivity contribution in [3.05, 3.63) is 12.7 Å². The van der Waals surface area contributed by atoms with Crippen LogP contribution in [0.25, 0.3) is 0 Å². The third kappa shape index (κ3) is 2.90. The van der Waals surface area contributed by atoms with Crippen LogP contribution in [0, 0.1) is 0 Å². The molecule has 0 N–H and O–H groups in total. The average molecular weight is 250 g/mol. The van der Waals surface area contributed by atoms with Gasteiger partial charge >= 0.3 is 0 Å². The number of likely N-dealkylation sites (tertiary alicyclic amines) is 1. The van der Waals surface area contributed by atoms with Crippen LogP contribution in [-0.2, 0) is 11.3 Å². The smallest absolute Gasteiger partial charge is 0.137 e. The zero-order valence-electron chi connectivity index (χ0n) is 10.9. The van der Waals surface area contributed by atoms with Crippen molar-refractivity contribution >= 4 is 0 Å². The molecule has 0 bridgehead atoms. The number of aromatic nitrogens is 3. The van der Waals surface area contributed by atoms with E-state index >= 15 is 0 Å². The van der Waals surface area contributed by atoms with Crippen molar-refractivity contribution < 1.29 is 4.74 Å². The van der Waals surface area contributed by atoms with Crippen LogP contribution < -0.4 is 0 Å². The lowest BCUT2D eigenvalue weighted by Crippen LogP contribution is -2.40. The molecule has 3 heterocycles. The largest absolute Gasteiger partial charge is 0.377 e. The molecule has 0 radical (unpaired) electrons. The molecular formula is C13H22N4O. The van der Waals surface area contributed by atoms with Crippen LogP contribution >= 0.6 is 0 Å². The monoisotopic (exact) mass is 250 g/mol. The summed E-state index contributed by atoms with van der Waals surface area (Å²) in [5.74, 6) is 0. The van der Waals surface area contributed by atoms with E-state index in [-0.39, 0.29) is 0 Å². The van der Waals surface area contributed by atoms with Crippen molar-refractivity contribution in [2.45, 2.75) is 50.8 Å². The van der Waals surface area contributed by atoms with Crippen molar-refractivity contribution in [2.24, 2.45) is 0 Å². The molecule has 1 aromatic rings. The van der Waals surface area contributed by atoms with E-state index in [1.807, 2.05) is 11.0 Å². The van der Waals surface area contributed by atoms with Gasteiger partial charge in [-0.15, -0.1) is 0 Å². The highest BCUT2D eigenvalue weighted by Gasteiger charge is 2.28. The van der Waals surface area contributed by atoms with E-state index in [9.17, 15) is 0 Å². The summed E-state index contributed by atoms with van der Waals surface area (Å²) in [6.45, 7) is 4.22. The van der Waals surface area contributed by atoms with Gasteiger partial charge in [-0.05, 0) is 38.6 Å². The predicted octanol–water partition coefficient (Wildman–Crippen LogP) is 1.31. The van der Waals surface area contributed by atoms with Crippen molar-refractivity contribution in [3.63, 3.8) is 0 Å². The summed E-state index contributed by atoms with van der Waals surface area (Å²) in [5.41, 5.74) is 0. The van der Waals surface area contributed by atoms with Crippen molar-refractivity contribution in [1.29, 1.82) is 0 Å². The van der Waals surface area contributed by atoms with Gasteiger partial charge in [-0.2, -0.15) is 5.10 Å². The molecule has 2 unspecified atom stereocenters. The molecule has 0 spiro atoms. The third-order valence-electron chi connectivity index (χ3n) is 4.08. The van der Waals surface area contributed by atoms with E-state index in [0.29, 0.717) is 12.1 Å². The lowest BCUT2D eigenvalue weighted by Gasteiger charge is -2.30. The number of rotatable bonds is 4. The summed E-state index contributed by atoms with van der Waals surface area (Å²) in [6.07, 6.45) is 10.2. The van der Waals surface area contributed by atoms with E-state index in [0.717, 1.165) is 19.7 Å². The minimum atomic E-state index is 0.454. The summed E-state index contributed by atoms with van der Waals surface area (Å²) in [5, 5.41) is 4.21. The fourth-order valence-corrected chi connectivity index (χ4v) is 3.10. The first-order valence-corrected chi connectivity index (χ1v) is 7.10. The average Bonchev–Trinajstić information content (AvgIpc) is 3.04. The number of ether oxygens (including phenoxy) is 1. The fraction of sp³-hybridized carbons (Fsp3) is 0.846. The van der Waals surface area contributed by atoms with Crippen LogP contribution in [0.4, 0.5) is 0 Å². The molecule has 2 saturated heterocycles. The van der Waals surface area contributed by atoms with E-state index in [1.165, 1.54) is 38.6 Å². The second kappa shape index (κ2) is 5.80. The van der Waals surface area contributed by atoms with Crippen LogP contribution in [0.2, 0.25) is 0 Å². The van der Waals surface area contributed by atoms with E-state index < -0.39 is 0 Å². The summed E-state index contributed by atoms with van der Waals surface area (Å²) in [7, 11) is 0. The zero-order valence-corrected chi connectivity index (χ0v) is 10.9. The number of hydrogen-bond acceptors (Lipinski definition) is 4. The van der Waals surface area contributed by atoms with Gasteiger partial charge in [0.1, 0.15) is 12.7 Å². The van der Waals surface area contributed by atoms with Crippen LogP contribution in [0.3, 0.4) is 0 Å². The van der Waals surface area contributed by atoms with E-state index in [2.05, 4.69) is 15.0 Å². The van der Waals surface area contributed by atoms with Gasteiger partial charge in [0.25, 0.3) is 0 Å². The maximum absolute atomic E-state index is 5.85. The van der Waals surface area contributed by atoms with Gasteiger partial charge < -0.3 is 4.74 Å². The number of hydrogen-bond donors (Lipinski definition) is 0. The fourth-order valence-electron chi connectivity index (χ4n) is 3.10. The molecular weight excluding hydrogens is 228 g/mol. The Hall–Kier alpha value is -0.940. The lowest BCUT2D eigenvalue weighted by atomic mass is 10.1. The predicted molar refractivity (Wildman–Crippen MR) is 68.2 cm³/mol. The molecule has 1 aromatic heterocycles. The lowest BCUT2D eigenvalue weighted by molar-refractivity contribution is -0.00911. The molecule has 18 heavy (non-hydrogen) atoms. The summed E-state index contributed by atoms with van der Waals surface area (Å²) >= 11 is 0. The Kier molecular flexibility index (Phi) is 3.90. The number of nitrogens with zero attached hydrogens (tertiary/aromatic N) is 4. The van der Waals surface area contributed by atoms with Crippen molar-refractivity contribution in [1.82, 2.24) is 19.7 Å². The highest BCUT2D eigenvalue weighted by molar-refractivity contribution is 4.82. The third-order valence-corrected chi connectivity index (χ3v) is 4.08. The SMILES string of the molecule is c1ncn(CC2CCCN2CC2CCCCO2)n1. The zero-order chi connectivity index (χ0) is 12.2. The van der Waals surface area contributed by atoms with Crippen LogP contribution in [0.1, 0.15) is 32.1 Å². The highest BCUT2D eigenvalue weighted by Crippen LogP contribution is 2.22. The molecule has 3 rings (SSSR count). The van der Waals surface area contributed by atoms with Crippen molar-refractivity contribution in [2.75, 3.05) is 19.7 Å². The molecule has 2 fully saturated rings. The standard InChI is InChI=1S/C13H22N4O/c1-2-7-18-13(5-1)9-16-6-3-4-12(16)8-17-11-14-10-15-17/h10-13H,1-9H2. The van der Waals surface area contributed by atoms with E-state index in [4.69, 9.17) is 4.74 Å². The maximum atomic E-state index is 5.85. The summed E-state index contributed by atoms with van der Waals surface area (Å²) < 4.78 is 7.80. The van der Waals surface area contributed by atoms with Gasteiger partial charge in [0.15, 0.2) is 0 Å². The molecule has 0 amide bonds. The van der Waals surface area contributed by atoms with Crippen LogP contribution in [-0.4, -0.2) is 51.5 Å². The summed E-state index contributed by atoms with van der Waals surface area (Å²) in [4.78, 5) is 6.59. The van der Waals surface area contributed by atoms with Crippen molar-refractivity contribution in [3.8, 4) is 0 Å². The molecule has 5 nitrogen and oxygen atoms in total. The second-order valence-electron chi connectivity index (χ2n) is 5.40. The van der Waals surface area contributed by atoms with Crippen LogP contribution in [0.5, 0.6) is 0 Å².